The van der Waals surface area contributed by atoms with Crippen molar-refractivity contribution in [3.63, 3.8) is 0 Å². The summed E-state index contributed by atoms with van der Waals surface area (Å²) in [7, 11) is 1.62. The number of fused-ring (bicyclic) bond motifs is 1. The summed E-state index contributed by atoms with van der Waals surface area (Å²) in [6.45, 7) is 1.62. The highest BCUT2D eigenvalue weighted by molar-refractivity contribution is 6.30. The number of hydrogen-bond donors (Lipinski definition) is 1. The van der Waals surface area contributed by atoms with Crippen molar-refractivity contribution in [2.45, 2.75) is 51.1 Å². The highest BCUT2D eigenvalue weighted by Crippen LogP contribution is 2.33. The Morgan fingerprint density at radius 3 is 2.46 bits per heavy atom. The minimum absolute atomic E-state index is 0.0165. The SMILES string of the molecule is COc1ccccc1CC(=O)N1CCCC[C@H]2CN(c3ncc(C(=O)N(CC(=O)O)Cc4ccc(Cl)cc4)c(CCc4ccccc4)n3)C[C@H]21. The number of ether oxygens (including phenoxy) is 1. The first-order valence-electron chi connectivity index (χ1n) is 17.1. The van der Waals surface area contributed by atoms with Crippen molar-refractivity contribution in [3.05, 3.63) is 118 Å². The number of benzene rings is 3. The zero-order valence-corrected chi connectivity index (χ0v) is 29.0. The van der Waals surface area contributed by atoms with Crippen LogP contribution in [-0.2, 0) is 35.4 Å². The lowest BCUT2D eigenvalue weighted by molar-refractivity contribution is -0.138. The molecule has 1 aromatic heterocycles. The van der Waals surface area contributed by atoms with E-state index in [0.717, 1.165) is 36.0 Å². The molecular weight excluding hydrogens is 654 g/mol. The maximum atomic E-state index is 14.1. The molecule has 3 heterocycles. The van der Waals surface area contributed by atoms with Crippen molar-refractivity contribution in [1.29, 1.82) is 0 Å². The molecule has 0 bridgehead atoms. The van der Waals surface area contributed by atoms with Crippen molar-refractivity contribution >= 4 is 35.3 Å². The third kappa shape index (κ3) is 8.42. The van der Waals surface area contributed by atoms with Crippen LogP contribution in [0.5, 0.6) is 5.75 Å². The number of anilines is 1. The number of likely N-dealkylation sites (tertiary alicyclic amines) is 1. The van der Waals surface area contributed by atoms with Gasteiger partial charge in [-0.25, -0.2) is 9.97 Å². The Hall–Kier alpha value is -4.96. The molecule has 2 amide bonds. The van der Waals surface area contributed by atoms with E-state index < -0.39 is 18.4 Å². The monoisotopic (exact) mass is 695 g/mol. The third-order valence-electron chi connectivity index (χ3n) is 9.65. The smallest absolute Gasteiger partial charge is 0.323 e. The molecule has 0 spiro atoms. The van der Waals surface area contributed by atoms with Gasteiger partial charge in [0.25, 0.3) is 5.91 Å². The topological polar surface area (TPSA) is 116 Å². The number of hydrogen-bond acceptors (Lipinski definition) is 7. The first-order chi connectivity index (χ1) is 24.3. The summed E-state index contributed by atoms with van der Waals surface area (Å²) in [5, 5.41) is 10.3. The van der Waals surface area contributed by atoms with Crippen LogP contribution in [0.3, 0.4) is 0 Å². The minimum Gasteiger partial charge on any atom is -0.496 e. The van der Waals surface area contributed by atoms with Gasteiger partial charge in [0.2, 0.25) is 11.9 Å². The van der Waals surface area contributed by atoms with Gasteiger partial charge in [-0.05, 0) is 60.9 Å². The van der Waals surface area contributed by atoms with E-state index in [2.05, 4.69) is 4.90 Å². The van der Waals surface area contributed by atoms with Gasteiger partial charge >= 0.3 is 5.97 Å². The van der Waals surface area contributed by atoms with Gasteiger partial charge in [0.1, 0.15) is 12.3 Å². The van der Waals surface area contributed by atoms with Crippen LogP contribution in [-0.4, -0.2) is 82.0 Å². The quantitative estimate of drug-likeness (QED) is 0.200. The van der Waals surface area contributed by atoms with Crippen LogP contribution < -0.4 is 9.64 Å². The number of methoxy groups -OCH3 is 1. The molecule has 2 aliphatic heterocycles. The molecule has 10 nitrogen and oxygen atoms in total. The number of aryl methyl sites for hydroxylation is 2. The minimum atomic E-state index is -1.11. The van der Waals surface area contributed by atoms with Gasteiger partial charge in [0.05, 0.1) is 30.8 Å². The molecule has 0 unspecified atom stereocenters. The van der Waals surface area contributed by atoms with Crippen LogP contribution in [0.15, 0.2) is 85.1 Å². The lowest BCUT2D eigenvalue weighted by atomic mass is 9.98. The molecule has 6 rings (SSSR count). The Labute approximate surface area is 297 Å². The number of amides is 2. The molecule has 0 radical (unpaired) electrons. The molecule has 4 aromatic rings. The molecule has 3 aromatic carbocycles. The summed E-state index contributed by atoms with van der Waals surface area (Å²) in [4.78, 5) is 54.9. The van der Waals surface area contributed by atoms with Crippen molar-refractivity contribution in [3.8, 4) is 5.75 Å². The molecule has 50 heavy (non-hydrogen) atoms. The van der Waals surface area contributed by atoms with Gasteiger partial charge in [-0.15, -0.1) is 0 Å². The van der Waals surface area contributed by atoms with Crippen LogP contribution in [0.1, 0.15) is 52.0 Å². The Balaban J connectivity index is 1.26. The molecule has 0 saturated carbocycles. The Bertz CT molecular complexity index is 1800. The predicted molar refractivity (Wildman–Crippen MR) is 191 cm³/mol. The van der Waals surface area contributed by atoms with Crippen LogP contribution in [0.25, 0.3) is 0 Å². The van der Waals surface area contributed by atoms with Crippen molar-refractivity contribution in [2.24, 2.45) is 5.92 Å². The van der Waals surface area contributed by atoms with Gasteiger partial charge in [0, 0.05) is 43.0 Å². The molecular formula is C39H42ClN5O5. The van der Waals surface area contributed by atoms with E-state index in [1.54, 1.807) is 37.6 Å². The summed E-state index contributed by atoms with van der Waals surface area (Å²) < 4.78 is 5.52. The molecule has 2 atom stereocenters. The van der Waals surface area contributed by atoms with Gasteiger partial charge in [-0.2, -0.15) is 0 Å². The van der Waals surface area contributed by atoms with Crippen LogP contribution in [0.2, 0.25) is 5.02 Å². The number of carbonyl (C=O) groups excluding carboxylic acids is 2. The van der Waals surface area contributed by atoms with Crippen LogP contribution >= 0.6 is 11.6 Å². The average molecular weight is 696 g/mol. The largest absolute Gasteiger partial charge is 0.496 e. The molecule has 2 aliphatic rings. The molecule has 0 aliphatic carbocycles. The number of carboxylic acid groups (broad SMARTS) is 1. The van der Waals surface area contributed by atoms with E-state index in [0.29, 0.717) is 54.9 Å². The Morgan fingerprint density at radius 1 is 0.940 bits per heavy atom. The maximum absolute atomic E-state index is 14.1. The second-order valence-corrected chi connectivity index (χ2v) is 13.4. The summed E-state index contributed by atoms with van der Waals surface area (Å²) in [5.41, 5.74) is 3.57. The lowest BCUT2D eigenvalue weighted by Crippen LogP contribution is -2.45. The maximum Gasteiger partial charge on any atom is 0.323 e. The Morgan fingerprint density at radius 2 is 1.70 bits per heavy atom. The van der Waals surface area contributed by atoms with Gasteiger partial charge < -0.3 is 24.5 Å². The normalized spacial score (nSPS) is 17.2. The van der Waals surface area contributed by atoms with Crippen LogP contribution in [0.4, 0.5) is 5.95 Å². The number of nitrogens with zero attached hydrogens (tertiary/aromatic N) is 5. The molecule has 11 heteroatoms. The molecule has 1 N–H and O–H groups in total. The van der Waals surface area contributed by atoms with E-state index in [4.69, 9.17) is 26.3 Å². The number of aliphatic carboxylic acids is 1. The summed E-state index contributed by atoms with van der Waals surface area (Å²) in [6.07, 6.45) is 5.93. The number of halogens is 1. The number of carboxylic acids is 1. The standard InChI is InChI=1S/C39H42ClN5O5/c1-50-35-13-6-5-11-29(35)21-36(46)45-20-8-7-12-30-24-44(25-34(30)45)39-41-22-32(33(42-39)19-16-27-9-3-2-4-10-27)38(49)43(26-37(47)48)23-28-14-17-31(40)18-15-28/h2-6,9-11,13-15,17-18,22,30,34H,7-8,12,16,19-21,23-26H2,1H3,(H,47,48)/t30-,34+/m0/s1. The molecule has 260 valence electrons. The second kappa shape index (κ2) is 16.2. The van der Waals surface area contributed by atoms with E-state index in [-0.39, 0.29) is 36.4 Å². The summed E-state index contributed by atoms with van der Waals surface area (Å²) in [6, 6.07) is 24.6. The van der Waals surface area contributed by atoms with Crippen molar-refractivity contribution in [2.75, 3.05) is 38.2 Å². The fraction of sp³-hybridized carbons (Fsp3) is 0.359. The first kappa shape index (κ1) is 34.9. The van der Waals surface area contributed by atoms with Gasteiger partial charge in [-0.3, -0.25) is 14.4 Å². The van der Waals surface area contributed by atoms with E-state index in [9.17, 15) is 19.5 Å². The fourth-order valence-corrected chi connectivity index (χ4v) is 7.24. The summed E-state index contributed by atoms with van der Waals surface area (Å²) in [5.74, 6) is 0.00608. The van der Waals surface area contributed by atoms with E-state index in [1.807, 2.05) is 59.5 Å². The zero-order valence-electron chi connectivity index (χ0n) is 28.2. The fourth-order valence-electron chi connectivity index (χ4n) is 7.11. The lowest BCUT2D eigenvalue weighted by Gasteiger charge is -2.30. The predicted octanol–water partition coefficient (Wildman–Crippen LogP) is 5.71. The number of para-hydroxylation sites is 1. The number of carbonyl (C=O) groups is 3. The van der Waals surface area contributed by atoms with Gasteiger partial charge in [0.15, 0.2) is 0 Å². The summed E-state index contributed by atoms with van der Waals surface area (Å²) >= 11 is 6.06. The average Bonchev–Trinajstić information content (AvgIpc) is 3.44. The first-order valence-corrected chi connectivity index (χ1v) is 17.5. The van der Waals surface area contributed by atoms with Crippen molar-refractivity contribution < 1.29 is 24.2 Å². The van der Waals surface area contributed by atoms with Crippen LogP contribution in [0, 0.1) is 5.92 Å². The van der Waals surface area contributed by atoms with Gasteiger partial charge in [-0.1, -0.05) is 78.7 Å². The Kier molecular flexibility index (Phi) is 11.3. The van der Waals surface area contributed by atoms with E-state index >= 15 is 0 Å². The van der Waals surface area contributed by atoms with E-state index in [1.165, 1.54) is 4.90 Å². The molecule has 2 saturated heterocycles. The molecule has 2 fully saturated rings. The van der Waals surface area contributed by atoms with Crippen molar-refractivity contribution in [1.82, 2.24) is 19.8 Å². The highest BCUT2D eigenvalue weighted by Gasteiger charge is 2.41. The number of rotatable bonds is 12. The highest BCUT2D eigenvalue weighted by atomic mass is 35.5. The zero-order chi connectivity index (χ0) is 35.0. The third-order valence-corrected chi connectivity index (χ3v) is 9.90. The number of aromatic nitrogens is 2. The second-order valence-electron chi connectivity index (χ2n) is 13.0.